The monoisotopic (exact) mass is 378 g/mol. The van der Waals surface area contributed by atoms with Gasteiger partial charge in [0.25, 0.3) is 0 Å². The molecule has 2 nitrogen and oxygen atoms in total. The number of methoxy groups -OCH3 is 1. The molecule has 0 aromatic heterocycles. The number of benzene rings is 2. The van der Waals surface area contributed by atoms with Gasteiger partial charge in [-0.3, -0.25) is 0 Å². The van der Waals surface area contributed by atoms with E-state index >= 15 is 0 Å². The second-order valence-corrected chi connectivity index (χ2v) is 7.08. The zero-order valence-electron chi connectivity index (χ0n) is 15.7. The molecule has 2 aromatic rings. The fourth-order valence-corrected chi connectivity index (χ4v) is 3.92. The average molecular weight is 378 g/mol. The van der Waals surface area contributed by atoms with E-state index in [0.717, 1.165) is 32.3 Å². The van der Waals surface area contributed by atoms with Crippen LogP contribution in [-0.4, -0.2) is 20.3 Å². The number of ether oxygens (including phenoxy) is 2. The van der Waals surface area contributed by atoms with Crippen LogP contribution in [0, 0.1) is 23.4 Å². The van der Waals surface area contributed by atoms with Crippen molar-refractivity contribution in [2.45, 2.75) is 38.5 Å². The molecular formula is C22H25F3O2. The van der Waals surface area contributed by atoms with Gasteiger partial charge in [-0.25, -0.2) is 8.78 Å². The van der Waals surface area contributed by atoms with Crippen molar-refractivity contribution in [2.75, 3.05) is 20.3 Å². The fraction of sp³-hybridized carbons (Fsp3) is 0.455. The Hall–Kier alpha value is -2.01. The topological polar surface area (TPSA) is 18.5 Å². The van der Waals surface area contributed by atoms with Crippen molar-refractivity contribution in [1.29, 1.82) is 0 Å². The molecule has 0 saturated heterocycles. The SMILES string of the molecule is CCOc1ccc(-c2ccc(C3CCC(COC)CC3)c(F)c2)c(F)c1F. The molecule has 1 saturated carbocycles. The Morgan fingerprint density at radius 3 is 2.33 bits per heavy atom. The van der Waals surface area contributed by atoms with Crippen molar-refractivity contribution in [3.8, 4) is 16.9 Å². The van der Waals surface area contributed by atoms with Crippen LogP contribution in [0.15, 0.2) is 30.3 Å². The van der Waals surface area contributed by atoms with Crippen LogP contribution in [0.3, 0.4) is 0 Å². The molecule has 0 radical (unpaired) electrons. The van der Waals surface area contributed by atoms with Gasteiger partial charge in [-0.1, -0.05) is 12.1 Å². The number of halogens is 3. The molecule has 3 rings (SSSR count). The highest BCUT2D eigenvalue weighted by Gasteiger charge is 2.25. The van der Waals surface area contributed by atoms with E-state index in [1.165, 1.54) is 18.2 Å². The Morgan fingerprint density at radius 2 is 1.70 bits per heavy atom. The van der Waals surface area contributed by atoms with Gasteiger partial charge in [0.2, 0.25) is 5.82 Å². The largest absolute Gasteiger partial charge is 0.491 e. The van der Waals surface area contributed by atoms with Gasteiger partial charge >= 0.3 is 0 Å². The van der Waals surface area contributed by atoms with Crippen LogP contribution in [0.4, 0.5) is 13.2 Å². The van der Waals surface area contributed by atoms with Crippen molar-refractivity contribution in [1.82, 2.24) is 0 Å². The highest BCUT2D eigenvalue weighted by Crippen LogP contribution is 2.38. The lowest BCUT2D eigenvalue weighted by atomic mass is 9.78. The van der Waals surface area contributed by atoms with Crippen molar-refractivity contribution in [3.05, 3.63) is 53.3 Å². The van der Waals surface area contributed by atoms with Crippen LogP contribution >= 0.6 is 0 Å². The maximum atomic E-state index is 14.7. The third kappa shape index (κ3) is 4.29. The zero-order valence-corrected chi connectivity index (χ0v) is 15.7. The molecule has 0 atom stereocenters. The zero-order chi connectivity index (χ0) is 19.4. The summed E-state index contributed by atoms with van der Waals surface area (Å²) < 4.78 is 53.5. The van der Waals surface area contributed by atoms with Gasteiger partial charge in [0.05, 0.1) is 6.61 Å². The molecule has 0 amide bonds. The molecule has 27 heavy (non-hydrogen) atoms. The number of hydrogen-bond acceptors (Lipinski definition) is 2. The van der Waals surface area contributed by atoms with Crippen LogP contribution in [0.1, 0.15) is 44.1 Å². The van der Waals surface area contributed by atoms with Gasteiger partial charge in [0.1, 0.15) is 5.82 Å². The maximum Gasteiger partial charge on any atom is 0.201 e. The summed E-state index contributed by atoms with van der Waals surface area (Å²) in [5.41, 5.74) is 1.01. The van der Waals surface area contributed by atoms with E-state index < -0.39 is 11.6 Å². The minimum absolute atomic E-state index is 0.0326. The summed E-state index contributed by atoms with van der Waals surface area (Å²) in [4.78, 5) is 0. The lowest BCUT2D eigenvalue weighted by Crippen LogP contribution is -2.17. The highest BCUT2D eigenvalue weighted by molar-refractivity contribution is 5.66. The van der Waals surface area contributed by atoms with E-state index in [0.29, 0.717) is 17.0 Å². The number of hydrogen-bond donors (Lipinski definition) is 0. The van der Waals surface area contributed by atoms with Gasteiger partial charge < -0.3 is 9.47 Å². The molecule has 1 fully saturated rings. The summed E-state index contributed by atoms with van der Waals surface area (Å²) in [7, 11) is 1.70. The minimum atomic E-state index is -1.05. The lowest BCUT2D eigenvalue weighted by molar-refractivity contribution is 0.127. The first-order valence-corrected chi connectivity index (χ1v) is 9.44. The molecule has 0 unspecified atom stereocenters. The van der Waals surface area contributed by atoms with E-state index in [4.69, 9.17) is 9.47 Å². The van der Waals surface area contributed by atoms with E-state index in [-0.39, 0.29) is 29.7 Å². The lowest BCUT2D eigenvalue weighted by Gasteiger charge is -2.28. The Bertz CT molecular complexity index is 783. The Labute approximate surface area is 158 Å². The summed E-state index contributed by atoms with van der Waals surface area (Å²) in [5, 5.41) is 0. The van der Waals surface area contributed by atoms with E-state index in [9.17, 15) is 13.2 Å². The van der Waals surface area contributed by atoms with E-state index in [1.807, 2.05) is 0 Å². The molecule has 5 heteroatoms. The Morgan fingerprint density at radius 1 is 0.963 bits per heavy atom. The molecule has 0 bridgehead atoms. The summed E-state index contributed by atoms with van der Waals surface area (Å²) in [5.74, 6) is -1.87. The van der Waals surface area contributed by atoms with Gasteiger partial charge in [0, 0.05) is 19.3 Å². The molecule has 2 aromatic carbocycles. The quantitative estimate of drug-likeness (QED) is 0.606. The van der Waals surface area contributed by atoms with Crippen molar-refractivity contribution < 1.29 is 22.6 Å². The molecule has 0 N–H and O–H groups in total. The van der Waals surface area contributed by atoms with E-state index in [1.54, 1.807) is 26.2 Å². The summed E-state index contributed by atoms with van der Waals surface area (Å²) in [6.07, 6.45) is 3.85. The Kier molecular flexibility index (Phi) is 6.42. The second-order valence-electron chi connectivity index (χ2n) is 7.08. The minimum Gasteiger partial charge on any atom is -0.491 e. The standard InChI is InChI=1S/C22H25F3O2/c1-3-27-20-11-10-18(21(24)22(20)25)16-8-9-17(19(23)12-16)15-6-4-14(5-7-15)13-26-2/h8-12,14-15H,3-7,13H2,1-2H3. The molecule has 0 spiro atoms. The molecule has 1 aliphatic carbocycles. The predicted octanol–water partition coefficient (Wildman–Crippen LogP) is 6.09. The first kappa shape index (κ1) is 19.7. The molecule has 0 aliphatic heterocycles. The van der Waals surface area contributed by atoms with Gasteiger partial charge in [-0.05, 0) is 73.8 Å². The molecule has 146 valence electrons. The van der Waals surface area contributed by atoms with Crippen LogP contribution < -0.4 is 4.74 Å². The third-order valence-electron chi connectivity index (χ3n) is 5.35. The fourth-order valence-electron chi connectivity index (χ4n) is 3.92. The van der Waals surface area contributed by atoms with Gasteiger partial charge in [-0.2, -0.15) is 4.39 Å². The van der Waals surface area contributed by atoms with E-state index in [2.05, 4.69) is 0 Å². The summed E-state index contributed by atoms with van der Waals surface area (Å²) >= 11 is 0. The number of rotatable bonds is 6. The average Bonchev–Trinajstić information content (AvgIpc) is 2.67. The van der Waals surface area contributed by atoms with Crippen molar-refractivity contribution in [2.24, 2.45) is 5.92 Å². The molecule has 1 aliphatic rings. The normalized spacial score (nSPS) is 19.9. The van der Waals surface area contributed by atoms with Crippen molar-refractivity contribution in [3.63, 3.8) is 0 Å². The first-order valence-electron chi connectivity index (χ1n) is 9.44. The predicted molar refractivity (Wildman–Crippen MR) is 99.5 cm³/mol. The Balaban J connectivity index is 1.80. The first-order chi connectivity index (χ1) is 13.0. The second kappa shape index (κ2) is 8.79. The van der Waals surface area contributed by atoms with Crippen LogP contribution in [0.25, 0.3) is 11.1 Å². The smallest absolute Gasteiger partial charge is 0.201 e. The molecular weight excluding hydrogens is 353 g/mol. The summed E-state index contributed by atoms with van der Waals surface area (Å²) in [6.45, 7) is 2.69. The van der Waals surface area contributed by atoms with Crippen LogP contribution in [0.2, 0.25) is 0 Å². The van der Waals surface area contributed by atoms with Crippen LogP contribution in [0.5, 0.6) is 5.75 Å². The maximum absolute atomic E-state index is 14.7. The summed E-state index contributed by atoms with van der Waals surface area (Å²) in [6, 6.07) is 7.47. The van der Waals surface area contributed by atoms with Crippen LogP contribution in [-0.2, 0) is 4.74 Å². The van der Waals surface area contributed by atoms with Gasteiger partial charge in [-0.15, -0.1) is 0 Å². The third-order valence-corrected chi connectivity index (χ3v) is 5.35. The molecule has 0 heterocycles. The van der Waals surface area contributed by atoms with Gasteiger partial charge in [0.15, 0.2) is 11.6 Å². The highest BCUT2D eigenvalue weighted by atomic mass is 19.2. The van der Waals surface area contributed by atoms with Crippen molar-refractivity contribution >= 4 is 0 Å².